The van der Waals surface area contributed by atoms with E-state index in [1.165, 1.54) is 11.2 Å². The number of aromatic nitrogens is 1. The zero-order valence-corrected chi connectivity index (χ0v) is 13.0. The number of carbonyl (C=O) groups is 1. The molecule has 0 aromatic carbocycles. The number of amides is 2. The van der Waals surface area contributed by atoms with E-state index in [-0.39, 0.29) is 6.03 Å². The number of urea groups is 1. The average molecular weight is 299 g/mol. The number of rotatable bonds is 5. The van der Waals surface area contributed by atoms with Gasteiger partial charge < -0.3 is 10.2 Å². The molecular weight excluding hydrogens is 278 g/mol. The van der Waals surface area contributed by atoms with Crippen LogP contribution in [-0.2, 0) is 16.4 Å². The molecule has 112 valence electrons. The Kier molecular flexibility index (Phi) is 5.50. The molecule has 0 aliphatic heterocycles. The number of nitrogens with one attached hydrogen (secondary N) is 1. The SMILES string of the molecule is C[C@H]([C@@H](C)S(C)(=O)=O)N(C)C(=O)NCc1ccncc1. The van der Waals surface area contributed by atoms with Crippen LogP contribution in [0, 0.1) is 0 Å². The summed E-state index contributed by atoms with van der Waals surface area (Å²) in [5.41, 5.74) is 0.936. The molecule has 0 saturated carbocycles. The van der Waals surface area contributed by atoms with Crippen molar-refractivity contribution in [3.05, 3.63) is 30.1 Å². The molecule has 1 aromatic rings. The van der Waals surface area contributed by atoms with Crippen molar-refractivity contribution in [2.45, 2.75) is 31.7 Å². The highest BCUT2D eigenvalue weighted by Crippen LogP contribution is 2.10. The third kappa shape index (κ3) is 4.48. The maximum absolute atomic E-state index is 12.0. The third-order valence-electron chi connectivity index (χ3n) is 3.48. The average Bonchev–Trinajstić information content (AvgIpc) is 2.42. The van der Waals surface area contributed by atoms with E-state index < -0.39 is 21.1 Å². The van der Waals surface area contributed by atoms with Crippen molar-refractivity contribution >= 4 is 15.9 Å². The summed E-state index contributed by atoms with van der Waals surface area (Å²) in [6.45, 7) is 3.70. The monoisotopic (exact) mass is 299 g/mol. The van der Waals surface area contributed by atoms with Gasteiger partial charge in [0.05, 0.1) is 5.25 Å². The lowest BCUT2D eigenvalue weighted by molar-refractivity contribution is 0.193. The summed E-state index contributed by atoms with van der Waals surface area (Å²) >= 11 is 0. The van der Waals surface area contributed by atoms with Gasteiger partial charge in [0.15, 0.2) is 9.84 Å². The predicted octanol–water partition coefficient (Wildman–Crippen LogP) is 1.04. The van der Waals surface area contributed by atoms with E-state index in [1.807, 2.05) is 12.1 Å². The number of nitrogens with zero attached hydrogens (tertiary/aromatic N) is 2. The highest BCUT2D eigenvalue weighted by molar-refractivity contribution is 7.91. The normalized spacial score (nSPS) is 14.4. The van der Waals surface area contributed by atoms with Gasteiger partial charge in [0.25, 0.3) is 0 Å². The maximum atomic E-state index is 12.0. The zero-order chi connectivity index (χ0) is 15.3. The first-order valence-electron chi connectivity index (χ1n) is 6.32. The Bertz CT molecular complexity index is 545. The number of hydrogen-bond acceptors (Lipinski definition) is 4. The van der Waals surface area contributed by atoms with Crippen LogP contribution in [0.15, 0.2) is 24.5 Å². The van der Waals surface area contributed by atoms with E-state index in [0.717, 1.165) is 5.56 Å². The Morgan fingerprint density at radius 1 is 1.35 bits per heavy atom. The summed E-state index contributed by atoms with van der Waals surface area (Å²) in [6.07, 6.45) is 4.48. The van der Waals surface area contributed by atoms with Crippen LogP contribution in [0.3, 0.4) is 0 Å². The van der Waals surface area contributed by atoms with E-state index in [1.54, 1.807) is 33.3 Å². The molecule has 0 radical (unpaired) electrons. The lowest BCUT2D eigenvalue weighted by Gasteiger charge is -2.29. The van der Waals surface area contributed by atoms with E-state index in [4.69, 9.17) is 0 Å². The molecule has 1 heterocycles. The molecule has 0 unspecified atom stereocenters. The zero-order valence-electron chi connectivity index (χ0n) is 12.2. The number of pyridine rings is 1. The Labute approximate surface area is 120 Å². The molecule has 0 aliphatic rings. The Hall–Kier alpha value is -1.63. The standard InChI is InChI=1S/C13H21N3O3S/c1-10(11(2)20(4,18)19)16(3)13(17)15-9-12-5-7-14-8-6-12/h5-8,10-11H,9H2,1-4H3,(H,15,17)/t10-,11-/m1/s1. The van der Waals surface area contributed by atoms with Gasteiger partial charge in [0, 0.05) is 38.3 Å². The molecule has 0 bridgehead atoms. The van der Waals surface area contributed by atoms with Crippen LogP contribution in [0.4, 0.5) is 4.79 Å². The van der Waals surface area contributed by atoms with Crippen LogP contribution in [0.25, 0.3) is 0 Å². The summed E-state index contributed by atoms with van der Waals surface area (Å²) in [4.78, 5) is 17.3. The molecule has 0 spiro atoms. The maximum Gasteiger partial charge on any atom is 0.317 e. The van der Waals surface area contributed by atoms with Gasteiger partial charge >= 0.3 is 6.03 Å². The second-order valence-corrected chi connectivity index (χ2v) is 7.30. The summed E-state index contributed by atoms with van der Waals surface area (Å²) in [7, 11) is -1.59. The first-order chi connectivity index (χ1) is 9.23. The van der Waals surface area contributed by atoms with Crippen molar-refractivity contribution in [3.63, 3.8) is 0 Å². The highest BCUT2D eigenvalue weighted by atomic mass is 32.2. The van der Waals surface area contributed by atoms with Crippen molar-refractivity contribution in [1.82, 2.24) is 15.2 Å². The predicted molar refractivity (Wildman–Crippen MR) is 78.0 cm³/mol. The second-order valence-electron chi connectivity index (χ2n) is 4.90. The summed E-state index contributed by atoms with van der Waals surface area (Å²) < 4.78 is 23.0. The Balaban J connectivity index is 2.59. The molecule has 0 aliphatic carbocycles. The Morgan fingerprint density at radius 3 is 2.40 bits per heavy atom. The summed E-state index contributed by atoms with van der Waals surface area (Å²) in [5, 5.41) is 2.14. The second kappa shape index (κ2) is 6.69. The minimum Gasteiger partial charge on any atom is -0.334 e. The molecule has 6 nitrogen and oxygen atoms in total. The van der Waals surface area contributed by atoms with Gasteiger partial charge in [-0.15, -0.1) is 0 Å². The summed E-state index contributed by atoms with van der Waals surface area (Å²) in [5.74, 6) is 0. The number of sulfone groups is 1. The van der Waals surface area contributed by atoms with Crippen molar-refractivity contribution in [1.29, 1.82) is 0 Å². The third-order valence-corrected chi connectivity index (χ3v) is 5.22. The lowest BCUT2D eigenvalue weighted by Crippen LogP contribution is -2.48. The van der Waals surface area contributed by atoms with Crippen molar-refractivity contribution in [2.75, 3.05) is 13.3 Å². The largest absolute Gasteiger partial charge is 0.334 e. The van der Waals surface area contributed by atoms with Crippen LogP contribution in [0.1, 0.15) is 19.4 Å². The molecule has 1 rings (SSSR count). The van der Waals surface area contributed by atoms with Gasteiger partial charge in [-0.1, -0.05) is 0 Å². The molecule has 1 N–H and O–H groups in total. The van der Waals surface area contributed by atoms with Crippen LogP contribution in [-0.4, -0.2) is 48.9 Å². The first kappa shape index (κ1) is 16.4. The van der Waals surface area contributed by atoms with Gasteiger partial charge in [0.2, 0.25) is 0 Å². The van der Waals surface area contributed by atoms with Crippen molar-refractivity contribution in [2.24, 2.45) is 0 Å². The van der Waals surface area contributed by atoms with Crippen LogP contribution in [0.2, 0.25) is 0 Å². The number of carbonyl (C=O) groups excluding carboxylic acids is 1. The minimum absolute atomic E-state index is 0.301. The van der Waals surface area contributed by atoms with Gasteiger partial charge in [-0.2, -0.15) is 0 Å². The molecule has 2 amide bonds. The fourth-order valence-corrected chi connectivity index (χ4v) is 2.56. The number of hydrogen-bond donors (Lipinski definition) is 1. The topological polar surface area (TPSA) is 79.4 Å². The molecule has 7 heteroatoms. The van der Waals surface area contributed by atoms with Gasteiger partial charge in [-0.25, -0.2) is 13.2 Å². The van der Waals surface area contributed by atoms with E-state index in [0.29, 0.717) is 6.54 Å². The highest BCUT2D eigenvalue weighted by Gasteiger charge is 2.27. The van der Waals surface area contributed by atoms with Gasteiger partial charge in [-0.3, -0.25) is 4.98 Å². The van der Waals surface area contributed by atoms with Crippen molar-refractivity contribution in [3.8, 4) is 0 Å². The van der Waals surface area contributed by atoms with E-state index >= 15 is 0 Å². The summed E-state index contributed by atoms with van der Waals surface area (Å²) in [6, 6.07) is 2.92. The fraction of sp³-hybridized carbons (Fsp3) is 0.538. The van der Waals surface area contributed by atoms with Crippen molar-refractivity contribution < 1.29 is 13.2 Å². The molecule has 1 aromatic heterocycles. The fourth-order valence-electron chi connectivity index (χ4n) is 1.66. The smallest absolute Gasteiger partial charge is 0.317 e. The first-order valence-corrected chi connectivity index (χ1v) is 8.27. The van der Waals surface area contributed by atoms with Gasteiger partial charge in [0.1, 0.15) is 0 Å². The minimum atomic E-state index is -3.18. The van der Waals surface area contributed by atoms with Crippen LogP contribution in [0.5, 0.6) is 0 Å². The van der Waals surface area contributed by atoms with E-state index in [2.05, 4.69) is 10.3 Å². The molecule has 20 heavy (non-hydrogen) atoms. The Morgan fingerprint density at radius 2 is 1.90 bits per heavy atom. The van der Waals surface area contributed by atoms with Crippen LogP contribution >= 0.6 is 0 Å². The lowest BCUT2D eigenvalue weighted by atomic mass is 10.2. The quantitative estimate of drug-likeness (QED) is 0.881. The molecular formula is C13H21N3O3S. The molecule has 0 saturated heterocycles. The molecule has 0 fully saturated rings. The van der Waals surface area contributed by atoms with Gasteiger partial charge in [-0.05, 0) is 31.5 Å². The molecule has 2 atom stereocenters. The van der Waals surface area contributed by atoms with Crippen LogP contribution < -0.4 is 5.32 Å². The van der Waals surface area contributed by atoms with E-state index in [9.17, 15) is 13.2 Å².